The van der Waals surface area contributed by atoms with Crippen molar-refractivity contribution in [3.63, 3.8) is 0 Å². The molecule has 2 aliphatic heterocycles. The van der Waals surface area contributed by atoms with Crippen LogP contribution in [0.15, 0.2) is 0 Å². The summed E-state index contributed by atoms with van der Waals surface area (Å²) in [5.41, 5.74) is 0.400. The maximum absolute atomic E-state index is 8.95. The molecule has 1 atom stereocenters. The van der Waals surface area contributed by atoms with Crippen LogP contribution in [0.5, 0.6) is 0 Å². The van der Waals surface area contributed by atoms with Crippen molar-refractivity contribution in [2.45, 2.75) is 25.7 Å². The molecule has 0 aromatic carbocycles. The normalized spacial score (nSPS) is 31.2. The highest BCUT2D eigenvalue weighted by molar-refractivity contribution is 4.94. The molecule has 3 nitrogen and oxygen atoms in total. The smallest absolute Gasteiger partial charge is 0.0547 e. The summed E-state index contributed by atoms with van der Waals surface area (Å²) in [4.78, 5) is 2.44. The fourth-order valence-electron chi connectivity index (χ4n) is 3.05. The first-order valence-electron chi connectivity index (χ1n) is 6.14. The molecule has 0 amide bonds. The average molecular weight is 213 g/mol. The molecule has 2 aliphatic rings. The van der Waals surface area contributed by atoms with E-state index in [2.05, 4.69) is 11.9 Å². The molecule has 15 heavy (non-hydrogen) atoms. The predicted octanol–water partition coefficient (Wildman–Crippen LogP) is 1.12. The van der Waals surface area contributed by atoms with Crippen LogP contribution in [0.4, 0.5) is 0 Å². The van der Waals surface area contributed by atoms with Crippen molar-refractivity contribution in [2.24, 2.45) is 11.3 Å². The lowest BCUT2D eigenvalue weighted by Crippen LogP contribution is -2.53. The summed E-state index contributed by atoms with van der Waals surface area (Å²) in [6, 6.07) is 0. The standard InChI is InChI=1S/C12H23NO2/c1-13-6-2-4-11(8-13)12(5-3-7-14)9-15-10-12/h11,14H,2-10H2,1H3. The predicted molar refractivity (Wildman–Crippen MR) is 59.8 cm³/mol. The Balaban J connectivity index is 1.92. The molecule has 1 N–H and O–H groups in total. The minimum atomic E-state index is 0.324. The lowest BCUT2D eigenvalue weighted by atomic mass is 9.67. The monoisotopic (exact) mass is 213 g/mol. The van der Waals surface area contributed by atoms with Gasteiger partial charge < -0.3 is 14.7 Å². The van der Waals surface area contributed by atoms with E-state index in [1.54, 1.807) is 0 Å². The van der Waals surface area contributed by atoms with Gasteiger partial charge in [0.15, 0.2) is 0 Å². The van der Waals surface area contributed by atoms with Gasteiger partial charge in [0, 0.05) is 18.6 Å². The molecule has 2 rings (SSSR count). The molecule has 2 saturated heterocycles. The first-order valence-corrected chi connectivity index (χ1v) is 6.14. The summed E-state index contributed by atoms with van der Waals surface area (Å²) in [6.45, 7) is 4.63. The quantitative estimate of drug-likeness (QED) is 0.759. The van der Waals surface area contributed by atoms with Gasteiger partial charge in [0.05, 0.1) is 13.2 Å². The average Bonchev–Trinajstić information content (AvgIpc) is 2.16. The Bertz CT molecular complexity index is 204. The molecule has 0 saturated carbocycles. The molecule has 2 heterocycles. The van der Waals surface area contributed by atoms with E-state index in [1.807, 2.05) is 0 Å². The highest BCUT2D eigenvalue weighted by atomic mass is 16.5. The molecule has 0 aromatic rings. The van der Waals surface area contributed by atoms with E-state index in [-0.39, 0.29) is 0 Å². The van der Waals surface area contributed by atoms with E-state index in [9.17, 15) is 0 Å². The second-order valence-electron chi connectivity index (χ2n) is 5.28. The third kappa shape index (κ3) is 2.35. The van der Waals surface area contributed by atoms with Crippen LogP contribution in [0.1, 0.15) is 25.7 Å². The number of likely N-dealkylation sites (tertiary alicyclic amines) is 1. The molecule has 0 aliphatic carbocycles. The van der Waals surface area contributed by atoms with Gasteiger partial charge in [-0.15, -0.1) is 0 Å². The zero-order valence-electron chi connectivity index (χ0n) is 9.74. The van der Waals surface area contributed by atoms with Gasteiger partial charge >= 0.3 is 0 Å². The number of hydrogen-bond acceptors (Lipinski definition) is 3. The van der Waals surface area contributed by atoms with Gasteiger partial charge in [0.1, 0.15) is 0 Å². The van der Waals surface area contributed by atoms with Crippen LogP contribution >= 0.6 is 0 Å². The number of rotatable bonds is 4. The summed E-state index contributed by atoms with van der Waals surface area (Å²) in [7, 11) is 2.21. The number of nitrogens with zero attached hydrogens (tertiary/aromatic N) is 1. The van der Waals surface area contributed by atoms with Gasteiger partial charge in [-0.25, -0.2) is 0 Å². The minimum Gasteiger partial charge on any atom is -0.396 e. The van der Waals surface area contributed by atoms with E-state index >= 15 is 0 Å². The van der Waals surface area contributed by atoms with Crippen LogP contribution in [-0.4, -0.2) is 50.0 Å². The van der Waals surface area contributed by atoms with Crippen LogP contribution < -0.4 is 0 Å². The van der Waals surface area contributed by atoms with Crippen LogP contribution in [0.25, 0.3) is 0 Å². The van der Waals surface area contributed by atoms with Crippen molar-refractivity contribution in [3.05, 3.63) is 0 Å². The van der Waals surface area contributed by atoms with Gasteiger partial charge in [-0.3, -0.25) is 0 Å². The van der Waals surface area contributed by atoms with E-state index in [0.29, 0.717) is 12.0 Å². The molecule has 0 aromatic heterocycles. The lowest BCUT2D eigenvalue weighted by molar-refractivity contribution is -0.161. The molecular formula is C12H23NO2. The van der Waals surface area contributed by atoms with Crippen molar-refractivity contribution in [3.8, 4) is 0 Å². The second kappa shape index (κ2) is 4.81. The van der Waals surface area contributed by atoms with Gasteiger partial charge in [0.2, 0.25) is 0 Å². The summed E-state index contributed by atoms with van der Waals surface area (Å²) in [5, 5.41) is 8.95. The molecule has 1 unspecified atom stereocenters. The maximum atomic E-state index is 8.95. The van der Waals surface area contributed by atoms with Crippen molar-refractivity contribution >= 4 is 0 Å². The summed E-state index contributed by atoms with van der Waals surface area (Å²) in [6.07, 6.45) is 4.74. The second-order valence-corrected chi connectivity index (χ2v) is 5.28. The highest BCUT2D eigenvalue weighted by Gasteiger charge is 2.45. The summed E-state index contributed by atoms with van der Waals surface area (Å²) < 4.78 is 5.42. The number of aliphatic hydroxyl groups excluding tert-OH is 1. The fourth-order valence-corrected chi connectivity index (χ4v) is 3.05. The minimum absolute atomic E-state index is 0.324. The molecule has 0 bridgehead atoms. The summed E-state index contributed by atoms with van der Waals surface area (Å²) >= 11 is 0. The van der Waals surface area contributed by atoms with Gasteiger partial charge in [-0.2, -0.15) is 0 Å². The maximum Gasteiger partial charge on any atom is 0.0547 e. The Kier molecular flexibility index (Phi) is 3.65. The fraction of sp³-hybridized carbons (Fsp3) is 1.00. The molecule has 2 fully saturated rings. The number of ether oxygens (including phenoxy) is 1. The Morgan fingerprint density at radius 2 is 2.27 bits per heavy atom. The van der Waals surface area contributed by atoms with Crippen molar-refractivity contribution < 1.29 is 9.84 Å². The van der Waals surface area contributed by atoms with Crippen LogP contribution in [-0.2, 0) is 4.74 Å². The van der Waals surface area contributed by atoms with E-state index in [1.165, 1.54) is 25.9 Å². The largest absolute Gasteiger partial charge is 0.396 e. The number of aliphatic hydroxyl groups is 1. The van der Waals surface area contributed by atoms with E-state index < -0.39 is 0 Å². The van der Waals surface area contributed by atoms with Crippen LogP contribution in [0, 0.1) is 11.3 Å². The SMILES string of the molecule is CN1CCCC(C2(CCCO)COC2)C1. The van der Waals surface area contributed by atoms with Crippen molar-refractivity contribution in [2.75, 3.05) is 40.0 Å². The molecule has 3 heteroatoms. The third-order valence-electron chi connectivity index (χ3n) is 4.10. The zero-order chi connectivity index (χ0) is 10.7. The zero-order valence-corrected chi connectivity index (χ0v) is 9.74. The van der Waals surface area contributed by atoms with Crippen molar-refractivity contribution in [1.29, 1.82) is 0 Å². The Hall–Kier alpha value is -0.120. The first kappa shape index (κ1) is 11.4. The Labute approximate surface area is 92.4 Å². The molecular weight excluding hydrogens is 190 g/mol. The summed E-state index contributed by atoms with van der Waals surface area (Å²) in [5.74, 6) is 0.788. The van der Waals surface area contributed by atoms with E-state index in [0.717, 1.165) is 32.0 Å². The highest BCUT2D eigenvalue weighted by Crippen LogP contribution is 2.43. The first-order chi connectivity index (χ1) is 7.27. The number of piperidine rings is 1. The van der Waals surface area contributed by atoms with Gasteiger partial charge in [0.25, 0.3) is 0 Å². The van der Waals surface area contributed by atoms with Crippen LogP contribution in [0.2, 0.25) is 0 Å². The third-order valence-corrected chi connectivity index (χ3v) is 4.10. The Morgan fingerprint density at radius 3 is 2.80 bits per heavy atom. The Morgan fingerprint density at radius 1 is 1.47 bits per heavy atom. The van der Waals surface area contributed by atoms with E-state index in [4.69, 9.17) is 9.84 Å². The van der Waals surface area contributed by atoms with Crippen molar-refractivity contribution in [1.82, 2.24) is 4.90 Å². The topological polar surface area (TPSA) is 32.7 Å². The van der Waals surface area contributed by atoms with Gasteiger partial charge in [-0.05, 0) is 45.2 Å². The van der Waals surface area contributed by atoms with Gasteiger partial charge in [-0.1, -0.05) is 0 Å². The molecule has 0 spiro atoms. The molecule has 0 radical (unpaired) electrons. The van der Waals surface area contributed by atoms with Crippen LogP contribution in [0.3, 0.4) is 0 Å². The molecule has 88 valence electrons. The lowest BCUT2D eigenvalue weighted by Gasteiger charge is -2.50. The number of hydrogen-bond donors (Lipinski definition) is 1.